The number of carbonyl (C=O) groups excluding carboxylic acids is 2. The molecular formula is C13H23N3O4. The first-order chi connectivity index (χ1) is 9.31. The highest BCUT2D eigenvalue weighted by Gasteiger charge is 2.36. The molecule has 0 aromatic rings. The Hall–Kier alpha value is -1.79. The smallest absolute Gasteiger partial charge is 0.317 e. The van der Waals surface area contributed by atoms with Gasteiger partial charge >= 0.3 is 12.0 Å². The number of carbonyl (C=O) groups is 3. The molecule has 0 aromatic carbocycles. The lowest BCUT2D eigenvalue weighted by molar-refractivity contribution is -0.142. The summed E-state index contributed by atoms with van der Waals surface area (Å²) in [4.78, 5) is 35.7. The molecule has 0 unspecified atom stereocenters. The zero-order valence-corrected chi connectivity index (χ0v) is 12.2. The molecule has 1 aliphatic heterocycles. The average Bonchev–Trinajstić information content (AvgIpc) is 2.75. The van der Waals surface area contributed by atoms with Gasteiger partial charge < -0.3 is 20.6 Å². The van der Waals surface area contributed by atoms with Crippen molar-refractivity contribution in [3.63, 3.8) is 0 Å². The number of amides is 3. The van der Waals surface area contributed by atoms with Gasteiger partial charge in [0, 0.05) is 19.6 Å². The van der Waals surface area contributed by atoms with Crippen molar-refractivity contribution >= 4 is 17.9 Å². The molecule has 0 aliphatic carbocycles. The number of nitrogens with one attached hydrogen (secondary N) is 2. The Morgan fingerprint density at radius 3 is 2.40 bits per heavy atom. The van der Waals surface area contributed by atoms with E-state index in [0.717, 1.165) is 0 Å². The second kappa shape index (κ2) is 7.12. The molecule has 0 saturated carbocycles. The van der Waals surface area contributed by atoms with Gasteiger partial charge in [-0.05, 0) is 11.8 Å². The average molecular weight is 285 g/mol. The third-order valence-corrected chi connectivity index (χ3v) is 3.32. The topological polar surface area (TPSA) is 98.7 Å². The lowest BCUT2D eigenvalue weighted by atomic mass is 9.99. The molecule has 7 heteroatoms. The summed E-state index contributed by atoms with van der Waals surface area (Å²) < 4.78 is 0. The first-order valence-corrected chi connectivity index (χ1v) is 6.83. The number of carboxylic acids is 1. The molecule has 2 atom stereocenters. The molecule has 1 saturated heterocycles. The molecular weight excluding hydrogens is 262 g/mol. The molecule has 114 valence electrons. The molecule has 1 fully saturated rings. The normalized spacial score (nSPS) is 21.9. The summed E-state index contributed by atoms with van der Waals surface area (Å²) in [7, 11) is 0. The van der Waals surface area contributed by atoms with Gasteiger partial charge in [-0.1, -0.05) is 20.8 Å². The number of hydrogen-bond donors (Lipinski definition) is 3. The van der Waals surface area contributed by atoms with Gasteiger partial charge in [-0.2, -0.15) is 0 Å². The highest BCUT2D eigenvalue weighted by atomic mass is 16.4. The highest BCUT2D eigenvalue weighted by molar-refractivity contribution is 5.84. The van der Waals surface area contributed by atoms with Crippen molar-refractivity contribution in [1.29, 1.82) is 0 Å². The van der Waals surface area contributed by atoms with Crippen LogP contribution in [0, 0.1) is 17.8 Å². The summed E-state index contributed by atoms with van der Waals surface area (Å²) in [6.45, 7) is 6.84. The van der Waals surface area contributed by atoms with Crippen LogP contribution in [-0.4, -0.2) is 54.1 Å². The van der Waals surface area contributed by atoms with Crippen LogP contribution in [0.15, 0.2) is 0 Å². The van der Waals surface area contributed by atoms with Crippen molar-refractivity contribution in [2.24, 2.45) is 17.8 Å². The molecule has 1 aliphatic rings. The molecule has 3 amide bonds. The zero-order chi connectivity index (χ0) is 15.3. The number of carboxylic acid groups (broad SMARTS) is 1. The third-order valence-electron chi connectivity index (χ3n) is 3.32. The van der Waals surface area contributed by atoms with Gasteiger partial charge in [0.1, 0.15) is 0 Å². The molecule has 0 bridgehead atoms. The number of rotatable bonds is 5. The van der Waals surface area contributed by atoms with Crippen molar-refractivity contribution in [3.05, 3.63) is 0 Å². The van der Waals surface area contributed by atoms with Crippen molar-refractivity contribution < 1.29 is 19.5 Å². The minimum absolute atomic E-state index is 0.0759. The number of hydrogen-bond acceptors (Lipinski definition) is 3. The Balaban J connectivity index is 2.34. The van der Waals surface area contributed by atoms with Gasteiger partial charge in [-0.3, -0.25) is 9.59 Å². The van der Waals surface area contributed by atoms with E-state index in [1.807, 2.05) is 13.8 Å². The van der Waals surface area contributed by atoms with Crippen LogP contribution in [0.5, 0.6) is 0 Å². The fraction of sp³-hybridized carbons (Fsp3) is 0.769. The summed E-state index contributed by atoms with van der Waals surface area (Å²) in [6, 6.07) is -0.389. The highest BCUT2D eigenvalue weighted by Crippen LogP contribution is 2.22. The summed E-state index contributed by atoms with van der Waals surface area (Å²) in [5.74, 6) is -1.38. The van der Waals surface area contributed by atoms with E-state index in [2.05, 4.69) is 10.6 Å². The number of aliphatic carboxylic acids is 1. The van der Waals surface area contributed by atoms with Gasteiger partial charge in [-0.15, -0.1) is 0 Å². The standard InChI is InChI=1S/C13H23N3O4/c1-8(2)4-14-11(17)5-15-13(20)16-6-9(3)10(7-16)12(18)19/h8-10H,4-7H2,1-3H3,(H,14,17)(H,15,20)(H,18,19)/t9-,10-/m1/s1. The zero-order valence-electron chi connectivity index (χ0n) is 12.2. The Labute approximate surface area is 118 Å². The van der Waals surface area contributed by atoms with Gasteiger partial charge in [0.15, 0.2) is 0 Å². The van der Waals surface area contributed by atoms with Crippen molar-refractivity contribution in [2.45, 2.75) is 20.8 Å². The van der Waals surface area contributed by atoms with Gasteiger partial charge in [0.2, 0.25) is 5.91 Å². The maximum absolute atomic E-state index is 11.8. The first kappa shape index (κ1) is 16.3. The lowest BCUT2D eigenvalue weighted by Crippen LogP contribution is -2.44. The molecule has 0 spiro atoms. The van der Waals surface area contributed by atoms with Crippen molar-refractivity contribution in [1.82, 2.24) is 15.5 Å². The van der Waals surface area contributed by atoms with Crippen LogP contribution >= 0.6 is 0 Å². The summed E-state index contributed by atoms with van der Waals surface area (Å²) in [5, 5.41) is 14.2. The number of urea groups is 1. The Morgan fingerprint density at radius 2 is 1.90 bits per heavy atom. The fourth-order valence-electron chi connectivity index (χ4n) is 2.10. The van der Waals surface area contributed by atoms with Crippen molar-refractivity contribution in [2.75, 3.05) is 26.2 Å². The van der Waals surface area contributed by atoms with E-state index in [4.69, 9.17) is 5.11 Å². The number of likely N-dealkylation sites (tertiary alicyclic amines) is 1. The van der Waals surface area contributed by atoms with E-state index in [9.17, 15) is 14.4 Å². The first-order valence-electron chi connectivity index (χ1n) is 6.83. The van der Waals surface area contributed by atoms with E-state index < -0.39 is 11.9 Å². The van der Waals surface area contributed by atoms with Crippen LogP contribution < -0.4 is 10.6 Å². The van der Waals surface area contributed by atoms with E-state index in [-0.39, 0.29) is 30.9 Å². The quantitative estimate of drug-likeness (QED) is 0.668. The van der Waals surface area contributed by atoms with Gasteiger partial charge in [0.05, 0.1) is 12.5 Å². The van der Waals surface area contributed by atoms with Gasteiger partial charge in [-0.25, -0.2) is 4.79 Å². The van der Waals surface area contributed by atoms with E-state index in [0.29, 0.717) is 19.0 Å². The predicted molar refractivity (Wildman–Crippen MR) is 73.1 cm³/mol. The summed E-state index contributed by atoms with van der Waals surface area (Å²) in [5.41, 5.74) is 0. The van der Waals surface area contributed by atoms with E-state index >= 15 is 0 Å². The minimum atomic E-state index is -0.887. The summed E-state index contributed by atoms with van der Waals surface area (Å²) >= 11 is 0. The van der Waals surface area contributed by atoms with Crippen LogP contribution in [0.2, 0.25) is 0 Å². The largest absolute Gasteiger partial charge is 0.481 e. The molecule has 1 heterocycles. The molecule has 0 radical (unpaired) electrons. The Morgan fingerprint density at radius 1 is 1.25 bits per heavy atom. The maximum atomic E-state index is 11.8. The molecule has 7 nitrogen and oxygen atoms in total. The van der Waals surface area contributed by atoms with Crippen LogP contribution in [0.25, 0.3) is 0 Å². The molecule has 1 rings (SSSR count). The maximum Gasteiger partial charge on any atom is 0.317 e. The lowest BCUT2D eigenvalue weighted by Gasteiger charge is -2.16. The Kier molecular flexibility index (Phi) is 5.79. The van der Waals surface area contributed by atoms with Crippen molar-refractivity contribution in [3.8, 4) is 0 Å². The monoisotopic (exact) mass is 285 g/mol. The second-order valence-corrected chi connectivity index (χ2v) is 5.68. The number of nitrogens with zero attached hydrogens (tertiary/aromatic N) is 1. The van der Waals surface area contributed by atoms with Gasteiger partial charge in [0.25, 0.3) is 0 Å². The fourth-order valence-corrected chi connectivity index (χ4v) is 2.10. The van der Waals surface area contributed by atoms with Crippen LogP contribution in [0.4, 0.5) is 4.79 Å². The van der Waals surface area contributed by atoms with E-state index in [1.54, 1.807) is 6.92 Å². The SMILES string of the molecule is CC(C)CNC(=O)CNC(=O)N1C[C@@H](C)[C@H](C(=O)O)C1. The van der Waals surface area contributed by atoms with Crippen LogP contribution in [0.3, 0.4) is 0 Å². The van der Waals surface area contributed by atoms with Crippen LogP contribution in [0.1, 0.15) is 20.8 Å². The van der Waals surface area contributed by atoms with Crippen LogP contribution in [-0.2, 0) is 9.59 Å². The Bertz CT molecular complexity index is 384. The second-order valence-electron chi connectivity index (χ2n) is 5.68. The molecule has 3 N–H and O–H groups in total. The minimum Gasteiger partial charge on any atom is -0.481 e. The summed E-state index contributed by atoms with van der Waals surface area (Å²) in [6.07, 6.45) is 0. The predicted octanol–water partition coefficient (Wildman–Crippen LogP) is 0.121. The molecule has 20 heavy (non-hydrogen) atoms. The third kappa shape index (κ3) is 4.71. The van der Waals surface area contributed by atoms with E-state index in [1.165, 1.54) is 4.90 Å². The molecule has 0 aromatic heterocycles.